The third-order valence-electron chi connectivity index (χ3n) is 7.46. The summed E-state index contributed by atoms with van der Waals surface area (Å²) in [6, 6.07) is 14.4. The van der Waals surface area contributed by atoms with Crippen LogP contribution < -0.4 is 4.74 Å². The molecule has 0 N–H and O–H groups in total. The zero-order valence-corrected chi connectivity index (χ0v) is 21.9. The predicted octanol–water partition coefficient (Wildman–Crippen LogP) is 6.21. The maximum absolute atomic E-state index is 13.8. The van der Waals surface area contributed by atoms with E-state index in [0.29, 0.717) is 32.5 Å². The van der Waals surface area contributed by atoms with Gasteiger partial charge in [0.15, 0.2) is 8.32 Å². The molecular weight excluding hydrogens is 433 g/mol. The van der Waals surface area contributed by atoms with Gasteiger partial charge in [-0.1, -0.05) is 51.1 Å². The molecule has 3 rings (SSSR count). The van der Waals surface area contributed by atoms with Crippen molar-refractivity contribution in [3.63, 3.8) is 0 Å². The van der Waals surface area contributed by atoms with Gasteiger partial charge in [0.1, 0.15) is 11.6 Å². The Morgan fingerprint density at radius 3 is 2.39 bits per heavy atom. The maximum atomic E-state index is 13.8. The van der Waals surface area contributed by atoms with Gasteiger partial charge in [-0.15, -0.1) is 0 Å². The summed E-state index contributed by atoms with van der Waals surface area (Å²) in [6.45, 7) is 12.9. The number of para-hydroxylation sites is 1. The van der Waals surface area contributed by atoms with E-state index < -0.39 is 13.7 Å². The van der Waals surface area contributed by atoms with Crippen LogP contribution in [0.2, 0.25) is 18.1 Å². The van der Waals surface area contributed by atoms with Crippen molar-refractivity contribution >= 4 is 14.2 Å². The number of amides is 1. The normalized spacial score (nSPS) is 19.2. The number of ether oxygens (including phenoxy) is 1. The topological polar surface area (TPSA) is 38.8 Å². The molecule has 2 aromatic rings. The first-order valence-corrected chi connectivity index (χ1v) is 14.7. The van der Waals surface area contributed by atoms with E-state index in [9.17, 15) is 9.18 Å². The van der Waals surface area contributed by atoms with Gasteiger partial charge in [-0.05, 0) is 61.2 Å². The lowest BCUT2D eigenvalue weighted by molar-refractivity contribution is -0.137. The Labute approximate surface area is 199 Å². The van der Waals surface area contributed by atoms with E-state index in [1.54, 1.807) is 19.2 Å². The number of carbonyl (C=O) groups excluding carboxylic acids is 1. The molecule has 180 valence electrons. The minimum Gasteiger partial charge on any atom is -0.496 e. The molecule has 0 radical (unpaired) electrons. The summed E-state index contributed by atoms with van der Waals surface area (Å²) >= 11 is 0. The van der Waals surface area contributed by atoms with Gasteiger partial charge < -0.3 is 14.1 Å². The third kappa shape index (κ3) is 5.85. The van der Waals surface area contributed by atoms with Gasteiger partial charge in [0.05, 0.1) is 12.5 Å². The second-order valence-electron chi connectivity index (χ2n) is 10.7. The van der Waals surface area contributed by atoms with E-state index in [-0.39, 0.29) is 16.8 Å². The first kappa shape index (κ1) is 25.4. The largest absolute Gasteiger partial charge is 0.496 e. The summed E-state index contributed by atoms with van der Waals surface area (Å²) < 4.78 is 25.5. The number of nitrogens with zero attached hydrogens (tertiary/aromatic N) is 1. The van der Waals surface area contributed by atoms with Crippen molar-refractivity contribution in [2.24, 2.45) is 5.41 Å². The van der Waals surface area contributed by atoms with E-state index in [4.69, 9.17) is 9.16 Å². The molecule has 1 heterocycles. The van der Waals surface area contributed by atoms with E-state index in [1.807, 2.05) is 29.2 Å². The van der Waals surface area contributed by atoms with Gasteiger partial charge >= 0.3 is 0 Å². The summed E-state index contributed by atoms with van der Waals surface area (Å²) in [6.07, 6.45) is 2.02. The molecule has 1 amide bonds. The van der Waals surface area contributed by atoms with E-state index in [1.165, 1.54) is 12.1 Å². The Bertz CT molecular complexity index is 955. The molecule has 1 saturated heterocycles. The Kier molecular flexibility index (Phi) is 7.69. The van der Waals surface area contributed by atoms with Crippen molar-refractivity contribution in [2.75, 3.05) is 20.3 Å². The number of rotatable bonds is 9. The van der Waals surface area contributed by atoms with Crippen LogP contribution in [0, 0.1) is 11.2 Å². The molecule has 1 fully saturated rings. The van der Waals surface area contributed by atoms with Crippen LogP contribution in [-0.2, 0) is 22.2 Å². The fraction of sp³-hybridized carbons (Fsp3) is 0.519. The molecule has 0 aromatic heterocycles. The van der Waals surface area contributed by atoms with Crippen LogP contribution in [0.3, 0.4) is 0 Å². The predicted molar refractivity (Wildman–Crippen MR) is 133 cm³/mol. The molecule has 1 unspecified atom stereocenters. The Morgan fingerprint density at radius 2 is 1.76 bits per heavy atom. The minimum atomic E-state index is -1.91. The van der Waals surface area contributed by atoms with Crippen LogP contribution in [0.5, 0.6) is 5.75 Å². The molecule has 4 nitrogen and oxygen atoms in total. The molecule has 6 heteroatoms. The quantitative estimate of drug-likeness (QED) is 0.408. The van der Waals surface area contributed by atoms with Crippen molar-refractivity contribution in [1.29, 1.82) is 0 Å². The van der Waals surface area contributed by atoms with Crippen LogP contribution >= 0.6 is 0 Å². The average molecular weight is 472 g/mol. The van der Waals surface area contributed by atoms with Gasteiger partial charge in [0.25, 0.3) is 0 Å². The van der Waals surface area contributed by atoms with Crippen LogP contribution in [0.25, 0.3) is 0 Å². The molecule has 1 aliphatic rings. The first-order chi connectivity index (χ1) is 15.5. The van der Waals surface area contributed by atoms with Gasteiger partial charge in [-0.2, -0.15) is 0 Å². The molecule has 1 atom stereocenters. The average Bonchev–Trinajstić information content (AvgIpc) is 3.05. The zero-order chi connectivity index (χ0) is 24.3. The number of benzene rings is 2. The van der Waals surface area contributed by atoms with Crippen LogP contribution in [-0.4, -0.2) is 39.4 Å². The summed E-state index contributed by atoms with van der Waals surface area (Å²) in [7, 11) is -0.258. The number of halogens is 1. The molecule has 2 aromatic carbocycles. The van der Waals surface area contributed by atoms with Crippen LogP contribution in [0.15, 0.2) is 48.5 Å². The molecular formula is C27H38FNO3Si. The highest BCUT2D eigenvalue weighted by Gasteiger charge is 2.47. The van der Waals surface area contributed by atoms with Gasteiger partial charge in [0.2, 0.25) is 5.91 Å². The Morgan fingerprint density at radius 1 is 1.09 bits per heavy atom. The van der Waals surface area contributed by atoms with Gasteiger partial charge in [-0.25, -0.2) is 4.39 Å². The first-order valence-electron chi connectivity index (χ1n) is 11.8. The number of likely N-dealkylation sites (tertiary alicyclic amines) is 1. The maximum Gasteiger partial charge on any atom is 0.229 e. The molecule has 0 spiro atoms. The molecule has 0 saturated carbocycles. The van der Waals surface area contributed by atoms with Crippen molar-refractivity contribution in [2.45, 2.75) is 64.7 Å². The lowest BCUT2D eigenvalue weighted by Crippen LogP contribution is -2.43. The monoisotopic (exact) mass is 471 g/mol. The smallest absolute Gasteiger partial charge is 0.229 e. The SMILES string of the molecule is COc1ccccc1CN1CCC(CCO[Si](C)(C)C(C)(C)C)(Cc2ccc(F)cc2)C1=O. The summed E-state index contributed by atoms with van der Waals surface area (Å²) in [4.78, 5) is 15.8. The zero-order valence-electron chi connectivity index (χ0n) is 20.9. The van der Waals surface area contributed by atoms with E-state index in [0.717, 1.165) is 23.3 Å². The summed E-state index contributed by atoms with van der Waals surface area (Å²) in [5.74, 6) is 0.684. The van der Waals surface area contributed by atoms with Crippen molar-refractivity contribution in [3.05, 3.63) is 65.5 Å². The third-order valence-corrected chi connectivity index (χ3v) is 12.0. The number of hydrogen-bond donors (Lipinski definition) is 0. The summed E-state index contributed by atoms with van der Waals surface area (Å²) in [5.41, 5.74) is 1.45. The fourth-order valence-electron chi connectivity index (χ4n) is 4.28. The molecule has 0 aliphatic carbocycles. The minimum absolute atomic E-state index is 0.118. The van der Waals surface area contributed by atoms with Crippen molar-refractivity contribution < 1.29 is 18.3 Å². The van der Waals surface area contributed by atoms with Crippen LogP contribution in [0.4, 0.5) is 4.39 Å². The van der Waals surface area contributed by atoms with Gasteiger partial charge in [-0.3, -0.25) is 4.79 Å². The van der Waals surface area contributed by atoms with Crippen molar-refractivity contribution in [3.8, 4) is 5.75 Å². The van der Waals surface area contributed by atoms with E-state index in [2.05, 4.69) is 33.9 Å². The second kappa shape index (κ2) is 9.98. The molecule has 0 bridgehead atoms. The standard InChI is InChI=1S/C27H38FNO3Si/c1-26(2,3)33(5,6)32-18-16-27(19-21-11-13-23(28)14-12-21)15-17-29(25(27)30)20-22-9-7-8-10-24(22)31-4/h7-14H,15-20H2,1-6H3. The Balaban J connectivity index is 1.81. The fourth-order valence-corrected chi connectivity index (χ4v) is 5.32. The number of hydrogen-bond acceptors (Lipinski definition) is 3. The second-order valence-corrected chi connectivity index (χ2v) is 15.5. The van der Waals surface area contributed by atoms with E-state index >= 15 is 0 Å². The number of methoxy groups -OCH3 is 1. The van der Waals surface area contributed by atoms with Crippen LogP contribution in [0.1, 0.15) is 44.7 Å². The Hall–Kier alpha value is -2.18. The lowest BCUT2D eigenvalue weighted by atomic mass is 9.77. The highest BCUT2D eigenvalue weighted by molar-refractivity contribution is 6.74. The highest BCUT2D eigenvalue weighted by atomic mass is 28.4. The lowest BCUT2D eigenvalue weighted by Gasteiger charge is -2.37. The van der Waals surface area contributed by atoms with Gasteiger partial charge in [0, 0.05) is 25.3 Å². The molecule has 33 heavy (non-hydrogen) atoms. The summed E-state index contributed by atoms with van der Waals surface area (Å²) in [5, 5.41) is 0.118. The highest BCUT2D eigenvalue weighted by Crippen LogP contribution is 2.42. The van der Waals surface area contributed by atoms with Crippen molar-refractivity contribution in [1.82, 2.24) is 4.90 Å². The molecule has 1 aliphatic heterocycles. The number of carbonyl (C=O) groups is 1.